The molecule has 0 rings (SSSR count). The van der Waals surface area contributed by atoms with Crippen LogP contribution in [0.3, 0.4) is 0 Å². The van der Waals surface area contributed by atoms with Crippen molar-refractivity contribution in [1.29, 1.82) is 0 Å². The third kappa shape index (κ3) is 15.3. The first-order chi connectivity index (χ1) is 13.5. The van der Waals surface area contributed by atoms with Crippen LogP contribution in [0, 0.1) is 47.3 Å². The standard InChI is InChI=1S/2C14H30O.Mg.2H/c2*1-9(2)13(10(3)4)15-14(11(5)6)12(7)8;;;/h2*9-14H,1-8H3;;;/q;;+2;2*-1. The van der Waals surface area contributed by atoms with Crippen LogP contribution in [0.15, 0.2) is 0 Å². The second kappa shape index (κ2) is 18.1. The van der Waals surface area contributed by atoms with Gasteiger partial charge in [-0.3, -0.25) is 0 Å². The first kappa shape index (κ1) is 36.3. The minimum absolute atomic E-state index is 0. The van der Waals surface area contributed by atoms with Gasteiger partial charge >= 0.3 is 23.1 Å². The van der Waals surface area contributed by atoms with Crippen LogP contribution in [0.2, 0.25) is 0 Å². The van der Waals surface area contributed by atoms with Crippen LogP contribution in [0.25, 0.3) is 0 Å². The molecule has 3 heteroatoms. The molecule has 188 valence electrons. The number of hydrogen-bond donors (Lipinski definition) is 0. The van der Waals surface area contributed by atoms with Gasteiger partial charge in [-0.15, -0.1) is 0 Å². The van der Waals surface area contributed by atoms with Gasteiger partial charge in [0, 0.05) is 0 Å². The molecule has 0 spiro atoms. The second-order valence-electron chi connectivity index (χ2n) is 12.1. The van der Waals surface area contributed by atoms with Crippen LogP contribution in [0.1, 0.15) is 114 Å². The molecule has 0 aliphatic carbocycles. The first-order valence-electron chi connectivity index (χ1n) is 12.8. The molecule has 0 heterocycles. The maximum absolute atomic E-state index is 6.30. The third-order valence-electron chi connectivity index (χ3n) is 5.89. The Balaban J connectivity index is -0.000000145. The Bertz CT molecular complexity index is 305. The summed E-state index contributed by atoms with van der Waals surface area (Å²) in [6, 6.07) is 0. The molecule has 0 saturated carbocycles. The molecule has 0 aromatic rings. The quantitative estimate of drug-likeness (QED) is 0.275. The molecule has 0 atom stereocenters. The zero-order valence-electron chi connectivity index (χ0n) is 26.5. The average molecular weight is 455 g/mol. The molecular weight excluding hydrogens is 393 g/mol. The number of hydrogen-bond acceptors (Lipinski definition) is 2. The number of ether oxygens (including phenoxy) is 2. The Kier molecular flexibility index (Phi) is 21.1. The summed E-state index contributed by atoms with van der Waals surface area (Å²) in [6.07, 6.45) is 1.55. The van der Waals surface area contributed by atoms with Crippen molar-refractivity contribution in [2.45, 2.75) is 135 Å². The maximum atomic E-state index is 6.30. The van der Waals surface area contributed by atoms with Crippen molar-refractivity contribution in [1.82, 2.24) is 0 Å². The van der Waals surface area contributed by atoms with E-state index in [1.165, 1.54) is 0 Å². The molecular formula is C28H62MgO2. The molecule has 0 radical (unpaired) electrons. The summed E-state index contributed by atoms with van der Waals surface area (Å²) < 4.78 is 12.6. The van der Waals surface area contributed by atoms with Crippen LogP contribution in [0.4, 0.5) is 0 Å². The van der Waals surface area contributed by atoms with Gasteiger partial charge in [-0.1, -0.05) is 111 Å². The zero-order chi connectivity index (χ0) is 24.3. The van der Waals surface area contributed by atoms with Crippen molar-refractivity contribution in [2.24, 2.45) is 47.3 Å². The molecule has 0 aliphatic heterocycles. The fraction of sp³-hybridized carbons (Fsp3) is 1.00. The minimum Gasteiger partial charge on any atom is -1.00 e. The molecule has 0 aliphatic rings. The van der Waals surface area contributed by atoms with E-state index in [1.54, 1.807) is 0 Å². The van der Waals surface area contributed by atoms with Crippen LogP contribution in [-0.2, 0) is 9.47 Å². The summed E-state index contributed by atoms with van der Waals surface area (Å²) in [7, 11) is 0. The SMILES string of the molecule is CC(C)C(OC(C(C)C)C(C)C)C(C)C.CC(C)C(OC(C(C)C)C(C)C)C(C)C.[H-].[H-].[Mg+2]. The van der Waals surface area contributed by atoms with Crippen molar-refractivity contribution in [2.75, 3.05) is 0 Å². The van der Waals surface area contributed by atoms with E-state index in [-0.39, 0.29) is 25.9 Å². The molecule has 0 saturated heterocycles. The normalized spacial score (nSPS) is 12.8. The Morgan fingerprint density at radius 3 is 0.452 bits per heavy atom. The Morgan fingerprint density at radius 1 is 0.290 bits per heavy atom. The fourth-order valence-electron chi connectivity index (χ4n) is 4.70. The van der Waals surface area contributed by atoms with Gasteiger partial charge < -0.3 is 12.3 Å². The van der Waals surface area contributed by atoms with Gasteiger partial charge in [0.05, 0.1) is 24.4 Å². The van der Waals surface area contributed by atoms with Gasteiger partial charge in [-0.2, -0.15) is 0 Å². The second-order valence-corrected chi connectivity index (χ2v) is 12.1. The Hall–Kier alpha value is 0.686. The largest absolute Gasteiger partial charge is 2.00 e. The van der Waals surface area contributed by atoms with E-state index in [0.717, 1.165) is 0 Å². The van der Waals surface area contributed by atoms with E-state index in [0.29, 0.717) is 71.8 Å². The van der Waals surface area contributed by atoms with E-state index < -0.39 is 0 Å². The van der Waals surface area contributed by atoms with E-state index in [1.807, 2.05) is 0 Å². The van der Waals surface area contributed by atoms with E-state index in [4.69, 9.17) is 9.47 Å². The Morgan fingerprint density at radius 2 is 0.387 bits per heavy atom. The van der Waals surface area contributed by atoms with Crippen LogP contribution >= 0.6 is 0 Å². The molecule has 0 amide bonds. The van der Waals surface area contributed by atoms with Crippen LogP contribution < -0.4 is 0 Å². The molecule has 0 bridgehead atoms. The molecule has 0 aromatic heterocycles. The topological polar surface area (TPSA) is 18.5 Å². The van der Waals surface area contributed by atoms with E-state index in [2.05, 4.69) is 111 Å². The van der Waals surface area contributed by atoms with Crippen LogP contribution in [-0.4, -0.2) is 47.5 Å². The summed E-state index contributed by atoms with van der Waals surface area (Å²) in [4.78, 5) is 0. The zero-order valence-corrected chi connectivity index (χ0v) is 25.9. The van der Waals surface area contributed by atoms with Gasteiger partial charge in [0.25, 0.3) is 0 Å². The van der Waals surface area contributed by atoms with E-state index in [9.17, 15) is 0 Å². The van der Waals surface area contributed by atoms with Crippen molar-refractivity contribution >= 4 is 23.1 Å². The monoisotopic (exact) mass is 454 g/mol. The molecule has 0 N–H and O–H groups in total. The van der Waals surface area contributed by atoms with Crippen LogP contribution in [0.5, 0.6) is 0 Å². The van der Waals surface area contributed by atoms with Gasteiger partial charge in [0.1, 0.15) is 0 Å². The van der Waals surface area contributed by atoms with E-state index >= 15 is 0 Å². The summed E-state index contributed by atoms with van der Waals surface area (Å²) in [5.74, 6) is 4.81. The van der Waals surface area contributed by atoms with Gasteiger partial charge in [-0.25, -0.2) is 0 Å². The maximum Gasteiger partial charge on any atom is 2.00 e. The first-order valence-corrected chi connectivity index (χ1v) is 12.8. The van der Waals surface area contributed by atoms with Gasteiger partial charge in [0.15, 0.2) is 0 Å². The van der Waals surface area contributed by atoms with Gasteiger partial charge in [0.2, 0.25) is 0 Å². The predicted molar refractivity (Wildman–Crippen MR) is 144 cm³/mol. The summed E-state index contributed by atoms with van der Waals surface area (Å²) in [6.45, 7) is 36.0. The third-order valence-corrected chi connectivity index (χ3v) is 5.89. The molecule has 0 aromatic carbocycles. The summed E-state index contributed by atoms with van der Waals surface area (Å²) in [5.41, 5.74) is 0. The Labute approximate surface area is 217 Å². The summed E-state index contributed by atoms with van der Waals surface area (Å²) >= 11 is 0. The van der Waals surface area contributed by atoms with Crippen molar-refractivity contribution in [3.8, 4) is 0 Å². The van der Waals surface area contributed by atoms with Crippen molar-refractivity contribution in [3.05, 3.63) is 0 Å². The fourth-order valence-corrected chi connectivity index (χ4v) is 4.70. The number of rotatable bonds is 12. The molecule has 0 fully saturated rings. The molecule has 2 nitrogen and oxygen atoms in total. The van der Waals surface area contributed by atoms with Gasteiger partial charge in [-0.05, 0) is 47.3 Å². The average Bonchev–Trinajstić information content (AvgIpc) is 2.53. The van der Waals surface area contributed by atoms with Crippen molar-refractivity contribution < 1.29 is 12.3 Å². The van der Waals surface area contributed by atoms with Crippen molar-refractivity contribution in [3.63, 3.8) is 0 Å². The predicted octanol–water partition coefficient (Wildman–Crippen LogP) is 8.57. The molecule has 31 heavy (non-hydrogen) atoms. The minimum atomic E-state index is 0. The smallest absolute Gasteiger partial charge is 1.00 e. The molecule has 0 unspecified atom stereocenters. The summed E-state index contributed by atoms with van der Waals surface area (Å²) in [5, 5.41) is 0.